The van der Waals surface area contributed by atoms with E-state index in [0.717, 1.165) is 30.6 Å². The van der Waals surface area contributed by atoms with Crippen LogP contribution in [0.15, 0.2) is 65.8 Å². The zero-order valence-corrected chi connectivity index (χ0v) is 18.3. The molecule has 2 heterocycles. The van der Waals surface area contributed by atoms with E-state index >= 15 is 0 Å². The Morgan fingerprint density at radius 2 is 1.87 bits per heavy atom. The van der Waals surface area contributed by atoms with Crippen molar-refractivity contribution in [1.82, 2.24) is 30.4 Å². The van der Waals surface area contributed by atoms with Crippen LogP contribution < -0.4 is 10.6 Å². The normalized spacial score (nSPS) is 12.8. The summed E-state index contributed by atoms with van der Waals surface area (Å²) in [7, 11) is 1.96. The van der Waals surface area contributed by atoms with Gasteiger partial charge in [-0.25, -0.2) is 4.99 Å². The number of hydrogen-bond acceptors (Lipinski definition) is 3. The molecule has 0 bridgehead atoms. The number of benzene rings is 2. The van der Waals surface area contributed by atoms with Gasteiger partial charge in [-0.05, 0) is 37.5 Å². The summed E-state index contributed by atoms with van der Waals surface area (Å²) < 4.78 is 1.97. The Labute approximate surface area is 182 Å². The Morgan fingerprint density at radius 1 is 1.10 bits per heavy atom. The number of hydrogen-bond donors (Lipinski definition) is 3. The molecule has 0 amide bonds. The van der Waals surface area contributed by atoms with E-state index < -0.39 is 0 Å². The molecule has 1 unspecified atom stereocenters. The third-order valence-corrected chi connectivity index (χ3v) is 5.58. The molecule has 0 saturated carbocycles. The van der Waals surface area contributed by atoms with Crippen molar-refractivity contribution in [2.75, 3.05) is 6.54 Å². The molecule has 0 fully saturated rings. The van der Waals surface area contributed by atoms with E-state index in [2.05, 4.69) is 87.5 Å². The largest absolute Gasteiger partial charge is 0.361 e. The topological polar surface area (TPSA) is 82.9 Å². The first-order valence-electron chi connectivity index (χ1n) is 10.6. The molecule has 7 heteroatoms. The van der Waals surface area contributed by atoms with Gasteiger partial charge >= 0.3 is 0 Å². The van der Waals surface area contributed by atoms with Crippen molar-refractivity contribution in [3.05, 3.63) is 83.6 Å². The molecule has 0 aliphatic rings. The molecule has 4 aromatic rings. The van der Waals surface area contributed by atoms with Crippen LogP contribution in [0.2, 0.25) is 0 Å². The maximum absolute atomic E-state index is 4.78. The van der Waals surface area contributed by atoms with Crippen molar-refractivity contribution in [2.24, 2.45) is 12.0 Å². The van der Waals surface area contributed by atoms with Gasteiger partial charge in [-0.1, -0.05) is 48.5 Å². The van der Waals surface area contributed by atoms with Crippen LogP contribution in [0.3, 0.4) is 0 Å². The minimum absolute atomic E-state index is 0.127. The van der Waals surface area contributed by atoms with Crippen LogP contribution in [-0.2, 0) is 20.0 Å². The predicted molar refractivity (Wildman–Crippen MR) is 125 cm³/mol. The average Bonchev–Trinajstić information content (AvgIpc) is 3.36. The summed E-state index contributed by atoms with van der Waals surface area (Å²) in [5.41, 5.74) is 3.67. The van der Waals surface area contributed by atoms with E-state index in [1.54, 1.807) is 0 Å². The number of nitrogens with zero attached hydrogens (tertiary/aromatic N) is 4. The lowest BCUT2D eigenvalue weighted by Crippen LogP contribution is -2.39. The van der Waals surface area contributed by atoms with Gasteiger partial charge in [0, 0.05) is 30.7 Å². The molecule has 0 saturated heterocycles. The zero-order chi connectivity index (χ0) is 21.6. The predicted octanol–water partition coefficient (Wildman–Crippen LogP) is 3.64. The van der Waals surface area contributed by atoms with Gasteiger partial charge in [0.2, 0.25) is 0 Å². The lowest BCUT2D eigenvalue weighted by molar-refractivity contribution is 0.675. The number of fused-ring (bicyclic) bond motifs is 1. The van der Waals surface area contributed by atoms with Gasteiger partial charge in [0.05, 0.1) is 6.04 Å². The third kappa shape index (κ3) is 4.94. The van der Waals surface area contributed by atoms with Gasteiger partial charge < -0.3 is 20.2 Å². The smallest absolute Gasteiger partial charge is 0.192 e. The molecule has 3 N–H and O–H groups in total. The summed E-state index contributed by atoms with van der Waals surface area (Å²) in [5.74, 6) is 2.48. The molecule has 0 radical (unpaired) electrons. The Hall–Kier alpha value is -3.61. The Kier molecular flexibility index (Phi) is 6.31. The molecular formula is C24H29N7. The Balaban J connectivity index is 1.45. The maximum Gasteiger partial charge on any atom is 0.192 e. The van der Waals surface area contributed by atoms with Crippen LogP contribution in [-0.4, -0.2) is 32.3 Å². The van der Waals surface area contributed by atoms with Gasteiger partial charge in [-0.2, -0.15) is 0 Å². The summed E-state index contributed by atoms with van der Waals surface area (Å²) in [6.45, 7) is 5.31. The van der Waals surface area contributed by atoms with Crippen molar-refractivity contribution in [1.29, 1.82) is 0 Å². The standard InChI is InChI=1S/C24H29N7/c1-17(19-9-5-4-6-10-19)28-24(27-16-23-30-29-18(2)31(23)3)25-14-13-20-15-26-22-12-8-7-11-21(20)22/h4-12,15,17,26H,13-14,16H2,1-3H3,(H2,25,27,28). The molecule has 160 valence electrons. The van der Waals surface area contributed by atoms with Crippen LogP contribution >= 0.6 is 0 Å². The van der Waals surface area contributed by atoms with Crippen molar-refractivity contribution < 1.29 is 0 Å². The fraction of sp³-hybridized carbons (Fsp3) is 0.292. The molecule has 0 aliphatic carbocycles. The first kappa shape index (κ1) is 20.7. The number of rotatable bonds is 7. The van der Waals surface area contributed by atoms with Crippen LogP contribution in [0.25, 0.3) is 10.9 Å². The fourth-order valence-electron chi connectivity index (χ4n) is 3.58. The second-order valence-electron chi connectivity index (χ2n) is 7.70. The van der Waals surface area contributed by atoms with Crippen LogP contribution in [0.4, 0.5) is 0 Å². The Bertz CT molecular complexity index is 1160. The Morgan fingerprint density at radius 3 is 2.65 bits per heavy atom. The summed E-state index contributed by atoms with van der Waals surface area (Å²) in [5, 5.41) is 16.6. The molecule has 7 nitrogen and oxygen atoms in total. The van der Waals surface area contributed by atoms with E-state index in [0.29, 0.717) is 6.54 Å². The van der Waals surface area contributed by atoms with Gasteiger partial charge in [0.1, 0.15) is 12.4 Å². The van der Waals surface area contributed by atoms with Crippen molar-refractivity contribution >= 4 is 16.9 Å². The highest BCUT2D eigenvalue weighted by atomic mass is 15.3. The van der Waals surface area contributed by atoms with E-state index in [1.807, 2.05) is 24.6 Å². The van der Waals surface area contributed by atoms with Gasteiger partial charge in [0.15, 0.2) is 11.8 Å². The summed E-state index contributed by atoms with van der Waals surface area (Å²) in [6.07, 6.45) is 2.99. The molecule has 31 heavy (non-hydrogen) atoms. The third-order valence-electron chi connectivity index (χ3n) is 5.58. The maximum atomic E-state index is 4.78. The van der Waals surface area contributed by atoms with Crippen molar-refractivity contribution in [3.8, 4) is 0 Å². The van der Waals surface area contributed by atoms with Gasteiger partial charge in [0.25, 0.3) is 0 Å². The second-order valence-corrected chi connectivity index (χ2v) is 7.70. The first-order valence-corrected chi connectivity index (χ1v) is 10.6. The number of guanidine groups is 1. The van der Waals surface area contributed by atoms with E-state index in [-0.39, 0.29) is 6.04 Å². The van der Waals surface area contributed by atoms with Crippen LogP contribution in [0.5, 0.6) is 0 Å². The number of aromatic amines is 1. The molecule has 2 aromatic heterocycles. The van der Waals surface area contributed by atoms with Crippen molar-refractivity contribution in [2.45, 2.75) is 32.9 Å². The first-order chi connectivity index (χ1) is 15.1. The fourth-order valence-corrected chi connectivity index (χ4v) is 3.58. The summed E-state index contributed by atoms with van der Waals surface area (Å²) >= 11 is 0. The number of H-pyrrole nitrogens is 1. The van der Waals surface area contributed by atoms with E-state index in [4.69, 9.17) is 4.99 Å². The number of para-hydroxylation sites is 1. The quantitative estimate of drug-likeness (QED) is 0.318. The average molecular weight is 416 g/mol. The molecule has 4 rings (SSSR count). The number of aromatic nitrogens is 4. The lowest BCUT2D eigenvalue weighted by Gasteiger charge is -2.19. The molecule has 0 spiro atoms. The zero-order valence-electron chi connectivity index (χ0n) is 18.3. The van der Waals surface area contributed by atoms with Crippen molar-refractivity contribution in [3.63, 3.8) is 0 Å². The SMILES string of the molecule is Cc1nnc(CN=C(NCCc2c[nH]c3ccccc23)NC(C)c2ccccc2)n1C. The van der Waals surface area contributed by atoms with Crippen LogP contribution in [0.1, 0.15) is 35.7 Å². The summed E-state index contributed by atoms with van der Waals surface area (Å²) in [4.78, 5) is 8.12. The van der Waals surface area contributed by atoms with E-state index in [1.165, 1.54) is 22.0 Å². The number of nitrogens with one attached hydrogen (secondary N) is 3. The molecule has 0 aliphatic heterocycles. The lowest BCUT2D eigenvalue weighted by atomic mass is 10.1. The highest BCUT2D eigenvalue weighted by molar-refractivity contribution is 5.83. The highest BCUT2D eigenvalue weighted by Crippen LogP contribution is 2.17. The minimum Gasteiger partial charge on any atom is -0.361 e. The van der Waals surface area contributed by atoms with Gasteiger partial charge in [-0.3, -0.25) is 0 Å². The number of aryl methyl sites for hydroxylation is 1. The molecule has 1 atom stereocenters. The molecular weight excluding hydrogens is 386 g/mol. The summed E-state index contributed by atoms with van der Waals surface area (Å²) in [6, 6.07) is 18.9. The highest BCUT2D eigenvalue weighted by Gasteiger charge is 2.10. The monoisotopic (exact) mass is 415 g/mol. The van der Waals surface area contributed by atoms with E-state index in [9.17, 15) is 0 Å². The molecule has 2 aromatic carbocycles. The van der Waals surface area contributed by atoms with Crippen LogP contribution in [0, 0.1) is 6.92 Å². The number of aliphatic imine (C=N–C) groups is 1. The van der Waals surface area contributed by atoms with Gasteiger partial charge in [-0.15, -0.1) is 10.2 Å². The second kappa shape index (κ2) is 9.47. The minimum atomic E-state index is 0.127.